The molecule has 1 aromatic rings. The van der Waals surface area contributed by atoms with Crippen LogP contribution in [-0.4, -0.2) is 23.7 Å². The molecule has 3 nitrogen and oxygen atoms in total. The second-order valence-electron chi connectivity index (χ2n) is 6.46. The number of benzene rings is 1. The van der Waals surface area contributed by atoms with Gasteiger partial charge >= 0.3 is 0 Å². The van der Waals surface area contributed by atoms with Gasteiger partial charge < -0.3 is 10.4 Å². The summed E-state index contributed by atoms with van der Waals surface area (Å²) in [6.07, 6.45) is 2.68. The second-order valence-corrected chi connectivity index (χ2v) is 6.46. The zero-order valence-corrected chi connectivity index (χ0v) is 12.6. The van der Waals surface area contributed by atoms with Crippen molar-refractivity contribution in [1.29, 1.82) is 0 Å². The number of hydrogen-bond acceptors (Lipinski definition) is 2. The minimum absolute atomic E-state index is 0.0282. The van der Waals surface area contributed by atoms with Crippen molar-refractivity contribution in [3.8, 4) is 0 Å². The van der Waals surface area contributed by atoms with Gasteiger partial charge in [0.05, 0.1) is 11.5 Å². The molecule has 0 radical (unpaired) electrons. The minimum Gasteiger partial charge on any atom is -0.393 e. The molecule has 2 rings (SSSR count). The third kappa shape index (κ3) is 3.21. The number of aryl methyl sites for hydroxylation is 1. The summed E-state index contributed by atoms with van der Waals surface area (Å²) in [4.78, 5) is 12.4. The largest absolute Gasteiger partial charge is 0.393 e. The fraction of sp³-hybridized carbons (Fsp3) is 0.588. The topological polar surface area (TPSA) is 49.3 Å². The van der Waals surface area contributed by atoms with Crippen LogP contribution in [0.15, 0.2) is 24.3 Å². The van der Waals surface area contributed by atoms with Crippen molar-refractivity contribution in [2.75, 3.05) is 6.54 Å². The van der Waals surface area contributed by atoms with Gasteiger partial charge in [0, 0.05) is 12.5 Å². The number of aliphatic hydroxyl groups is 1. The summed E-state index contributed by atoms with van der Waals surface area (Å²) >= 11 is 0. The van der Waals surface area contributed by atoms with E-state index < -0.39 is 5.41 Å². The van der Waals surface area contributed by atoms with Crippen LogP contribution < -0.4 is 5.32 Å². The summed E-state index contributed by atoms with van der Waals surface area (Å²) in [5, 5.41) is 12.8. The molecule has 1 amide bonds. The first-order chi connectivity index (χ1) is 9.41. The Hall–Kier alpha value is -1.35. The Morgan fingerprint density at radius 3 is 2.50 bits per heavy atom. The molecule has 20 heavy (non-hydrogen) atoms. The van der Waals surface area contributed by atoms with E-state index in [1.54, 1.807) is 0 Å². The number of hydrogen-bond donors (Lipinski definition) is 2. The summed E-state index contributed by atoms with van der Waals surface area (Å²) in [7, 11) is 0. The fourth-order valence-electron chi connectivity index (χ4n) is 2.80. The molecule has 1 aromatic carbocycles. The Bertz CT molecular complexity index is 464. The van der Waals surface area contributed by atoms with E-state index in [1.165, 1.54) is 5.56 Å². The molecule has 1 fully saturated rings. The smallest absolute Gasteiger partial charge is 0.230 e. The molecule has 1 saturated carbocycles. The molecule has 2 N–H and O–H groups in total. The molecule has 1 aliphatic carbocycles. The van der Waals surface area contributed by atoms with Crippen LogP contribution in [0, 0.1) is 12.8 Å². The molecule has 110 valence electrons. The van der Waals surface area contributed by atoms with E-state index in [9.17, 15) is 9.90 Å². The first-order valence-corrected chi connectivity index (χ1v) is 7.45. The second kappa shape index (κ2) is 5.96. The highest BCUT2D eigenvalue weighted by molar-refractivity contribution is 5.87. The normalized spacial score (nSPS) is 22.8. The summed E-state index contributed by atoms with van der Waals surface area (Å²) in [5.74, 6) is 0.244. The van der Waals surface area contributed by atoms with Gasteiger partial charge in [-0.3, -0.25) is 4.79 Å². The predicted octanol–water partition coefficient (Wildman–Crippen LogP) is 2.55. The van der Waals surface area contributed by atoms with Crippen molar-refractivity contribution < 1.29 is 9.90 Å². The van der Waals surface area contributed by atoms with Crippen molar-refractivity contribution in [2.45, 2.75) is 51.6 Å². The standard InChI is InChI=1S/C17H25NO2/c1-12-7-9-14(10-8-12)17(2,3)16(20)18-11-13-5-4-6-15(13)19/h7-10,13,15,19H,4-6,11H2,1-3H3,(H,18,20). The average molecular weight is 275 g/mol. The molecule has 3 heteroatoms. The molecule has 0 aromatic heterocycles. The summed E-state index contributed by atoms with van der Waals surface area (Å²) in [6.45, 7) is 6.50. The van der Waals surface area contributed by atoms with Gasteiger partial charge in [0.15, 0.2) is 0 Å². The van der Waals surface area contributed by atoms with Crippen LogP contribution >= 0.6 is 0 Å². The fourth-order valence-corrected chi connectivity index (χ4v) is 2.80. The van der Waals surface area contributed by atoms with Crippen LogP contribution in [-0.2, 0) is 10.2 Å². The highest BCUT2D eigenvalue weighted by atomic mass is 16.3. The third-order valence-electron chi connectivity index (χ3n) is 4.48. The molecule has 2 atom stereocenters. The molecular formula is C17H25NO2. The van der Waals surface area contributed by atoms with E-state index >= 15 is 0 Å². The SMILES string of the molecule is Cc1ccc(C(C)(C)C(=O)NCC2CCCC2O)cc1. The van der Waals surface area contributed by atoms with Crippen molar-refractivity contribution in [3.05, 3.63) is 35.4 Å². The number of rotatable bonds is 4. The summed E-state index contributed by atoms with van der Waals surface area (Å²) in [6, 6.07) is 8.09. The van der Waals surface area contributed by atoms with Gasteiger partial charge in [-0.2, -0.15) is 0 Å². The van der Waals surface area contributed by atoms with Gasteiger partial charge in [-0.25, -0.2) is 0 Å². The minimum atomic E-state index is -0.544. The van der Waals surface area contributed by atoms with Crippen LogP contribution in [0.1, 0.15) is 44.2 Å². The maximum absolute atomic E-state index is 12.4. The van der Waals surface area contributed by atoms with Gasteiger partial charge in [-0.05, 0) is 39.2 Å². The zero-order valence-electron chi connectivity index (χ0n) is 12.6. The maximum Gasteiger partial charge on any atom is 0.230 e. The monoisotopic (exact) mass is 275 g/mol. The molecule has 0 saturated heterocycles. The zero-order chi connectivity index (χ0) is 14.8. The Kier molecular flexibility index (Phi) is 4.48. The van der Waals surface area contributed by atoms with Crippen LogP contribution in [0.2, 0.25) is 0 Å². The van der Waals surface area contributed by atoms with Crippen molar-refractivity contribution in [2.24, 2.45) is 5.92 Å². The number of aliphatic hydroxyl groups excluding tert-OH is 1. The van der Waals surface area contributed by atoms with E-state index in [0.29, 0.717) is 6.54 Å². The van der Waals surface area contributed by atoms with Crippen molar-refractivity contribution in [3.63, 3.8) is 0 Å². The molecule has 1 aliphatic rings. The van der Waals surface area contributed by atoms with Gasteiger partial charge in [0.25, 0.3) is 0 Å². The lowest BCUT2D eigenvalue weighted by molar-refractivity contribution is -0.126. The molecule has 0 heterocycles. The van der Waals surface area contributed by atoms with Gasteiger partial charge in [0.1, 0.15) is 0 Å². The first kappa shape index (κ1) is 15.0. The maximum atomic E-state index is 12.4. The molecule has 0 bridgehead atoms. The Balaban J connectivity index is 1.98. The number of amides is 1. The quantitative estimate of drug-likeness (QED) is 0.887. The van der Waals surface area contributed by atoms with E-state index in [-0.39, 0.29) is 17.9 Å². The van der Waals surface area contributed by atoms with Crippen LogP contribution in [0.25, 0.3) is 0 Å². The lowest BCUT2D eigenvalue weighted by Gasteiger charge is -2.26. The van der Waals surface area contributed by atoms with Crippen LogP contribution in [0.3, 0.4) is 0 Å². The highest BCUT2D eigenvalue weighted by Crippen LogP contribution is 2.26. The lowest BCUT2D eigenvalue weighted by Crippen LogP contribution is -2.43. The van der Waals surface area contributed by atoms with Gasteiger partial charge in [-0.1, -0.05) is 36.2 Å². The van der Waals surface area contributed by atoms with Crippen LogP contribution in [0.5, 0.6) is 0 Å². The predicted molar refractivity (Wildman–Crippen MR) is 80.6 cm³/mol. The molecule has 0 spiro atoms. The highest BCUT2D eigenvalue weighted by Gasteiger charge is 2.31. The number of nitrogens with one attached hydrogen (secondary N) is 1. The van der Waals surface area contributed by atoms with E-state index in [4.69, 9.17) is 0 Å². The van der Waals surface area contributed by atoms with E-state index in [1.807, 2.05) is 45.0 Å². The average Bonchev–Trinajstić information content (AvgIpc) is 2.82. The van der Waals surface area contributed by atoms with Crippen molar-refractivity contribution >= 4 is 5.91 Å². The van der Waals surface area contributed by atoms with Crippen molar-refractivity contribution in [1.82, 2.24) is 5.32 Å². The third-order valence-corrected chi connectivity index (χ3v) is 4.48. The Morgan fingerprint density at radius 1 is 1.30 bits per heavy atom. The summed E-state index contributed by atoms with van der Waals surface area (Å²) < 4.78 is 0. The van der Waals surface area contributed by atoms with Gasteiger partial charge in [0.2, 0.25) is 5.91 Å². The Labute approximate surface area is 121 Å². The lowest BCUT2D eigenvalue weighted by atomic mass is 9.83. The Morgan fingerprint density at radius 2 is 1.95 bits per heavy atom. The molecule has 2 unspecified atom stereocenters. The van der Waals surface area contributed by atoms with Gasteiger partial charge in [-0.15, -0.1) is 0 Å². The number of carbonyl (C=O) groups is 1. The van der Waals surface area contributed by atoms with E-state index in [2.05, 4.69) is 5.32 Å². The molecular weight excluding hydrogens is 250 g/mol. The first-order valence-electron chi connectivity index (χ1n) is 7.45. The van der Waals surface area contributed by atoms with Crippen LogP contribution in [0.4, 0.5) is 0 Å². The number of carbonyl (C=O) groups excluding carboxylic acids is 1. The van der Waals surface area contributed by atoms with E-state index in [0.717, 1.165) is 24.8 Å². The molecule has 0 aliphatic heterocycles. The summed E-state index contributed by atoms with van der Waals surface area (Å²) in [5.41, 5.74) is 1.67.